The predicted molar refractivity (Wildman–Crippen MR) is 93.6 cm³/mol. The molecule has 2 aromatic rings. The summed E-state index contributed by atoms with van der Waals surface area (Å²) in [6.45, 7) is 0.878. The van der Waals surface area contributed by atoms with E-state index in [1.807, 2.05) is 4.68 Å². The van der Waals surface area contributed by atoms with Gasteiger partial charge in [-0.25, -0.2) is 4.79 Å². The Hall–Kier alpha value is -2.34. The molecule has 0 saturated heterocycles. The summed E-state index contributed by atoms with van der Waals surface area (Å²) in [7, 11) is 0. The summed E-state index contributed by atoms with van der Waals surface area (Å²) in [4.78, 5) is 23.8. The van der Waals surface area contributed by atoms with Crippen LogP contribution in [-0.4, -0.2) is 32.8 Å². The third-order valence-corrected chi connectivity index (χ3v) is 4.62. The van der Waals surface area contributed by atoms with Crippen LogP contribution in [0.1, 0.15) is 29.7 Å². The number of nitrogens with zero attached hydrogens (tertiary/aromatic N) is 2. The first kappa shape index (κ1) is 17.5. The van der Waals surface area contributed by atoms with Crippen LogP contribution in [0.15, 0.2) is 30.5 Å². The molecule has 0 saturated carbocycles. The van der Waals surface area contributed by atoms with Crippen LogP contribution in [0.25, 0.3) is 0 Å². The van der Waals surface area contributed by atoms with Gasteiger partial charge < -0.3 is 10.4 Å². The molecule has 1 aromatic heterocycles. The first-order valence-electron chi connectivity index (χ1n) is 8.33. The van der Waals surface area contributed by atoms with E-state index < -0.39 is 12.0 Å². The van der Waals surface area contributed by atoms with Crippen LogP contribution in [0.2, 0.25) is 5.02 Å². The van der Waals surface area contributed by atoms with E-state index in [2.05, 4.69) is 10.4 Å². The van der Waals surface area contributed by atoms with Gasteiger partial charge in [0.25, 0.3) is 0 Å². The fourth-order valence-electron chi connectivity index (χ4n) is 3.15. The Labute approximate surface area is 150 Å². The molecule has 1 atom stereocenters. The second-order valence-corrected chi connectivity index (χ2v) is 6.70. The highest BCUT2D eigenvalue weighted by atomic mass is 35.5. The van der Waals surface area contributed by atoms with Crippen molar-refractivity contribution in [1.82, 2.24) is 15.1 Å². The molecule has 0 aliphatic carbocycles. The number of amides is 1. The van der Waals surface area contributed by atoms with Gasteiger partial charge in [0.1, 0.15) is 6.04 Å². The number of nitrogens with one attached hydrogen (secondary N) is 1. The van der Waals surface area contributed by atoms with Gasteiger partial charge in [0.2, 0.25) is 5.91 Å². The molecule has 0 spiro atoms. The minimum Gasteiger partial charge on any atom is -0.480 e. The smallest absolute Gasteiger partial charge is 0.326 e. The van der Waals surface area contributed by atoms with Crippen molar-refractivity contribution < 1.29 is 14.7 Å². The molecule has 1 unspecified atom stereocenters. The molecule has 2 heterocycles. The summed E-state index contributed by atoms with van der Waals surface area (Å²) in [5.41, 5.74) is 2.73. The number of aromatic nitrogens is 2. The van der Waals surface area contributed by atoms with Gasteiger partial charge >= 0.3 is 5.97 Å². The molecule has 1 aromatic carbocycles. The molecule has 2 N–H and O–H groups in total. The van der Waals surface area contributed by atoms with Gasteiger partial charge in [0, 0.05) is 29.2 Å². The molecule has 1 amide bonds. The van der Waals surface area contributed by atoms with Crippen LogP contribution in [0.4, 0.5) is 0 Å². The van der Waals surface area contributed by atoms with Crippen LogP contribution in [0.3, 0.4) is 0 Å². The van der Waals surface area contributed by atoms with Gasteiger partial charge in [0.05, 0.1) is 12.6 Å². The monoisotopic (exact) mass is 361 g/mol. The van der Waals surface area contributed by atoms with Gasteiger partial charge in [-0.15, -0.1) is 0 Å². The Morgan fingerprint density at radius 1 is 1.36 bits per heavy atom. The maximum Gasteiger partial charge on any atom is 0.326 e. The van der Waals surface area contributed by atoms with E-state index in [-0.39, 0.29) is 18.7 Å². The molecule has 6 nitrogen and oxygen atoms in total. The minimum atomic E-state index is -1.06. The molecule has 7 heteroatoms. The second kappa shape index (κ2) is 7.70. The lowest BCUT2D eigenvalue weighted by Gasteiger charge is -2.16. The lowest BCUT2D eigenvalue weighted by molar-refractivity contribution is -0.141. The van der Waals surface area contributed by atoms with Crippen molar-refractivity contribution in [3.8, 4) is 0 Å². The fourth-order valence-corrected chi connectivity index (χ4v) is 3.36. The minimum absolute atomic E-state index is 0.147. The van der Waals surface area contributed by atoms with Gasteiger partial charge in [-0.2, -0.15) is 5.10 Å². The molecule has 132 valence electrons. The number of rotatable bonds is 6. The lowest BCUT2D eigenvalue weighted by atomic mass is 10.0. The van der Waals surface area contributed by atoms with Crippen molar-refractivity contribution in [3.63, 3.8) is 0 Å². The maximum absolute atomic E-state index is 12.3. The van der Waals surface area contributed by atoms with E-state index in [1.54, 1.807) is 30.5 Å². The molecule has 0 fully saturated rings. The van der Waals surface area contributed by atoms with E-state index in [0.717, 1.165) is 42.6 Å². The van der Waals surface area contributed by atoms with Crippen molar-refractivity contribution in [2.24, 2.45) is 0 Å². The quantitative estimate of drug-likeness (QED) is 0.826. The number of hydrogen-bond donors (Lipinski definition) is 2. The number of fused-ring (bicyclic) bond motifs is 1. The van der Waals surface area contributed by atoms with Crippen LogP contribution in [-0.2, 0) is 35.4 Å². The third kappa shape index (κ3) is 4.39. The van der Waals surface area contributed by atoms with Crippen LogP contribution in [0.5, 0.6) is 0 Å². The van der Waals surface area contributed by atoms with Crippen molar-refractivity contribution >= 4 is 23.5 Å². The molecule has 25 heavy (non-hydrogen) atoms. The molecule has 3 rings (SSSR count). The number of carbonyl (C=O) groups excluding carboxylic acids is 1. The average molecular weight is 362 g/mol. The Kier molecular flexibility index (Phi) is 5.38. The summed E-state index contributed by atoms with van der Waals surface area (Å²) < 4.78 is 1.94. The van der Waals surface area contributed by atoms with Crippen molar-refractivity contribution in [1.29, 1.82) is 0 Å². The predicted octanol–water partition coefficient (Wildman–Crippen LogP) is 2.23. The summed E-state index contributed by atoms with van der Waals surface area (Å²) in [5.74, 6) is -1.37. The summed E-state index contributed by atoms with van der Waals surface area (Å²) >= 11 is 5.93. The summed E-state index contributed by atoms with van der Waals surface area (Å²) in [5, 5.41) is 16.9. The first-order valence-corrected chi connectivity index (χ1v) is 8.71. The Balaban J connectivity index is 1.65. The standard InChI is InChI=1S/C18H20ClN3O3/c19-14-5-3-4-12(8-14)9-15(18(24)25)21-17(23)10-13-11-20-22-7-2-1-6-16(13)22/h3-5,8,11,15H,1-2,6-7,9-10H2,(H,21,23)(H,24,25). The van der Waals surface area contributed by atoms with Gasteiger partial charge in [-0.05, 0) is 37.0 Å². The number of aliphatic carboxylic acids is 1. The highest BCUT2D eigenvalue weighted by Crippen LogP contribution is 2.18. The van der Waals surface area contributed by atoms with Gasteiger partial charge in [0.15, 0.2) is 0 Å². The highest BCUT2D eigenvalue weighted by Gasteiger charge is 2.22. The van der Waals surface area contributed by atoms with Gasteiger partial charge in [-0.3, -0.25) is 9.48 Å². The maximum atomic E-state index is 12.3. The molecule has 1 aliphatic rings. The summed E-state index contributed by atoms with van der Waals surface area (Å²) in [6.07, 6.45) is 5.15. The normalized spacial score (nSPS) is 14.6. The van der Waals surface area contributed by atoms with Crippen LogP contribution < -0.4 is 5.32 Å². The molecule has 0 radical (unpaired) electrons. The van der Waals surface area contributed by atoms with Crippen molar-refractivity contribution in [3.05, 3.63) is 52.3 Å². The lowest BCUT2D eigenvalue weighted by Crippen LogP contribution is -2.43. The van der Waals surface area contributed by atoms with E-state index >= 15 is 0 Å². The zero-order valence-corrected chi connectivity index (χ0v) is 14.5. The molecular weight excluding hydrogens is 342 g/mol. The summed E-state index contributed by atoms with van der Waals surface area (Å²) in [6, 6.07) is 6.00. The number of halogens is 1. The highest BCUT2D eigenvalue weighted by molar-refractivity contribution is 6.30. The number of carbonyl (C=O) groups is 2. The van der Waals surface area contributed by atoms with E-state index in [0.29, 0.717) is 5.02 Å². The Bertz CT molecular complexity index is 788. The molecular formula is C18H20ClN3O3. The van der Waals surface area contributed by atoms with Crippen molar-refractivity contribution in [2.45, 2.75) is 44.7 Å². The SMILES string of the molecule is O=C(Cc1cnn2c1CCCC2)NC(Cc1cccc(Cl)c1)C(=O)O. The van der Waals surface area contributed by atoms with Crippen LogP contribution in [0, 0.1) is 0 Å². The second-order valence-electron chi connectivity index (χ2n) is 6.27. The number of carboxylic acid groups (broad SMARTS) is 1. The zero-order valence-electron chi connectivity index (χ0n) is 13.7. The number of benzene rings is 1. The molecule has 1 aliphatic heterocycles. The van der Waals surface area contributed by atoms with Crippen LogP contribution >= 0.6 is 11.6 Å². The topological polar surface area (TPSA) is 84.2 Å². The van der Waals surface area contributed by atoms with Crippen molar-refractivity contribution in [2.75, 3.05) is 0 Å². The van der Waals surface area contributed by atoms with E-state index in [9.17, 15) is 14.7 Å². The third-order valence-electron chi connectivity index (χ3n) is 4.38. The molecule has 0 bridgehead atoms. The van der Waals surface area contributed by atoms with E-state index in [1.165, 1.54) is 0 Å². The average Bonchev–Trinajstić information content (AvgIpc) is 2.97. The van der Waals surface area contributed by atoms with E-state index in [4.69, 9.17) is 11.6 Å². The number of carboxylic acids is 1. The Morgan fingerprint density at radius 3 is 2.96 bits per heavy atom. The first-order chi connectivity index (χ1) is 12.0. The number of aryl methyl sites for hydroxylation is 1. The largest absolute Gasteiger partial charge is 0.480 e. The Morgan fingerprint density at radius 2 is 2.20 bits per heavy atom. The van der Waals surface area contributed by atoms with Gasteiger partial charge in [-0.1, -0.05) is 23.7 Å². The zero-order chi connectivity index (χ0) is 17.8. The number of hydrogen-bond acceptors (Lipinski definition) is 3. The fraction of sp³-hybridized carbons (Fsp3) is 0.389.